The zero-order valence-corrected chi connectivity index (χ0v) is 20.7. The number of nitrogens with zero attached hydrogens (tertiary/aromatic N) is 2. The molecule has 4 rings (SSSR count). The monoisotopic (exact) mass is 489 g/mol. The smallest absolute Gasteiger partial charge is 0.236 e. The van der Waals surface area contributed by atoms with Crippen LogP contribution in [0.25, 0.3) is 11.1 Å². The van der Waals surface area contributed by atoms with Gasteiger partial charge in [0, 0.05) is 62.3 Å². The number of pyridine rings is 2. The Morgan fingerprint density at radius 1 is 1.03 bits per heavy atom. The Labute approximate surface area is 206 Å². The van der Waals surface area contributed by atoms with Gasteiger partial charge >= 0.3 is 0 Å². The second-order valence-electron chi connectivity index (χ2n) is 9.76. The molecule has 1 aliphatic carbocycles. The summed E-state index contributed by atoms with van der Waals surface area (Å²) in [6.45, 7) is 4.94. The van der Waals surface area contributed by atoms with Gasteiger partial charge in [-0.2, -0.15) is 4.39 Å². The molecule has 1 saturated heterocycles. The number of methoxy groups -OCH3 is 1. The van der Waals surface area contributed by atoms with E-state index in [2.05, 4.69) is 32.8 Å². The zero-order valence-electron chi connectivity index (χ0n) is 20.7. The maximum atomic E-state index is 14.7. The molecule has 1 saturated carbocycles. The van der Waals surface area contributed by atoms with Crippen LogP contribution in [-0.4, -0.2) is 61.6 Å². The van der Waals surface area contributed by atoms with E-state index in [-0.39, 0.29) is 11.7 Å². The fourth-order valence-electron chi connectivity index (χ4n) is 4.98. The lowest BCUT2D eigenvalue weighted by Crippen LogP contribution is -2.42. The number of halogens is 2. The van der Waals surface area contributed by atoms with Gasteiger partial charge in [0.25, 0.3) is 0 Å². The van der Waals surface area contributed by atoms with E-state index < -0.39 is 11.8 Å². The van der Waals surface area contributed by atoms with E-state index in [9.17, 15) is 8.78 Å². The number of hydrogen-bond acceptors (Lipinski definition) is 7. The van der Waals surface area contributed by atoms with Crippen LogP contribution in [0.2, 0.25) is 0 Å². The molecule has 2 aromatic rings. The molecule has 2 fully saturated rings. The van der Waals surface area contributed by atoms with Crippen LogP contribution in [0.5, 0.6) is 0 Å². The predicted octanol–water partition coefficient (Wildman–Crippen LogP) is 4.61. The molecule has 192 valence electrons. The van der Waals surface area contributed by atoms with Crippen LogP contribution in [0, 0.1) is 17.7 Å². The van der Waals surface area contributed by atoms with Gasteiger partial charge in [-0.25, -0.2) is 14.4 Å². The Morgan fingerprint density at radius 2 is 1.77 bits per heavy atom. The van der Waals surface area contributed by atoms with Crippen LogP contribution >= 0.6 is 0 Å². The summed E-state index contributed by atoms with van der Waals surface area (Å²) in [5, 5.41) is 10.2. The first-order valence-corrected chi connectivity index (χ1v) is 12.7. The Bertz CT molecular complexity index is 949. The van der Waals surface area contributed by atoms with Gasteiger partial charge < -0.3 is 25.4 Å². The maximum Gasteiger partial charge on any atom is 0.236 e. The van der Waals surface area contributed by atoms with E-state index >= 15 is 0 Å². The first kappa shape index (κ1) is 25.7. The van der Waals surface area contributed by atoms with Crippen molar-refractivity contribution < 1.29 is 18.3 Å². The van der Waals surface area contributed by atoms with Crippen molar-refractivity contribution in [3.63, 3.8) is 0 Å². The van der Waals surface area contributed by atoms with Crippen molar-refractivity contribution in [2.45, 2.75) is 63.6 Å². The topological polar surface area (TPSA) is 80.3 Å². The highest BCUT2D eigenvalue weighted by atomic mass is 19.1. The summed E-state index contributed by atoms with van der Waals surface area (Å²) in [7, 11) is 1.72. The van der Waals surface area contributed by atoms with Gasteiger partial charge in [0.1, 0.15) is 11.6 Å². The highest BCUT2D eigenvalue weighted by Gasteiger charge is 2.23. The fourth-order valence-corrected chi connectivity index (χ4v) is 4.98. The molecular weight excluding hydrogens is 452 g/mol. The van der Waals surface area contributed by atoms with Gasteiger partial charge in [-0.3, -0.25) is 0 Å². The quantitative estimate of drug-likeness (QED) is 0.421. The third-order valence-electron chi connectivity index (χ3n) is 6.94. The van der Waals surface area contributed by atoms with Crippen molar-refractivity contribution >= 4 is 11.5 Å². The van der Waals surface area contributed by atoms with E-state index in [1.165, 1.54) is 12.4 Å². The minimum absolute atomic E-state index is 0.277. The van der Waals surface area contributed by atoms with Crippen LogP contribution in [0.1, 0.15) is 45.4 Å². The summed E-state index contributed by atoms with van der Waals surface area (Å²) in [4.78, 5) is 8.12. The van der Waals surface area contributed by atoms with Crippen LogP contribution in [-0.2, 0) is 9.47 Å². The second-order valence-corrected chi connectivity index (χ2v) is 9.76. The number of aromatic nitrogens is 2. The van der Waals surface area contributed by atoms with Gasteiger partial charge in [-0.05, 0) is 63.5 Å². The number of ether oxygens (including phenoxy) is 2. The maximum absolute atomic E-state index is 14.7. The molecule has 3 N–H and O–H groups in total. The lowest BCUT2D eigenvalue weighted by Gasteiger charge is -2.31. The average Bonchev–Trinajstić information content (AvgIpc) is 2.87. The molecule has 1 aliphatic heterocycles. The average molecular weight is 490 g/mol. The summed E-state index contributed by atoms with van der Waals surface area (Å²) in [6.07, 6.45) is 8.60. The first-order chi connectivity index (χ1) is 17.0. The van der Waals surface area contributed by atoms with E-state index in [0.717, 1.165) is 51.7 Å². The van der Waals surface area contributed by atoms with Crippen LogP contribution in [0.4, 0.5) is 20.3 Å². The SMILES string of the molecule is COC[C@@H](C)N[C@H]1CC[C@H](Nc2cc(-c3cnc(F)c(NCC4CCOCC4)c3)c(F)cn2)CC1. The molecule has 0 aromatic carbocycles. The Hall–Kier alpha value is -2.36. The van der Waals surface area contributed by atoms with Gasteiger partial charge in [-0.1, -0.05) is 0 Å². The summed E-state index contributed by atoms with van der Waals surface area (Å²) >= 11 is 0. The van der Waals surface area contributed by atoms with Gasteiger partial charge in [-0.15, -0.1) is 0 Å². The number of hydrogen-bond donors (Lipinski definition) is 3. The molecule has 3 heterocycles. The number of anilines is 2. The summed E-state index contributed by atoms with van der Waals surface area (Å²) < 4.78 is 39.7. The molecular formula is C26H37F2N5O2. The molecule has 0 bridgehead atoms. The van der Waals surface area contributed by atoms with Gasteiger partial charge in [0.2, 0.25) is 5.95 Å². The predicted molar refractivity (Wildman–Crippen MR) is 134 cm³/mol. The van der Waals surface area contributed by atoms with Crippen molar-refractivity contribution in [3.05, 3.63) is 36.3 Å². The standard InChI is InChI=1S/C26H37F2N5O2/c1-17(16-34-2)32-20-3-5-21(6-4-20)33-25-12-22(23(27)15-30-25)19-11-24(26(28)31-14-19)29-13-18-7-9-35-10-8-18/h11-12,14-15,17-18,20-21,29,32H,3-10,13,16H2,1-2H3,(H,30,33)/t17-,20-,21-/m1/s1. The molecule has 35 heavy (non-hydrogen) atoms. The van der Waals surface area contributed by atoms with E-state index in [1.54, 1.807) is 19.2 Å². The molecule has 1 atom stereocenters. The second kappa shape index (κ2) is 12.6. The molecule has 2 aliphatic rings. The first-order valence-electron chi connectivity index (χ1n) is 12.7. The molecule has 7 nitrogen and oxygen atoms in total. The van der Waals surface area contributed by atoms with Crippen LogP contribution in [0.3, 0.4) is 0 Å². The Kier molecular flexibility index (Phi) is 9.23. The minimum atomic E-state index is -0.584. The lowest BCUT2D eigenvalue weighted by molar-refractivity contribution is 0.0699. The molecule has 0 unspecified atom stereocenters. The van der Waals surface area contributed by atoms with Crippen molar-refractivity contribution in [3.8, 4) is 11.1 Å². The van der Waals surface area contributed by atoms with E-state index in [4.69, 9.17) is 9.47 Å². The molecule has 9 heteroatoms. The summed E-state index contributed by atoms with van der Waals surface area (Å²) in [6, 6.07) is 4.41. The zero-order chi connectivity index (χ0) is 24.6. The fraction of sp³-hybridized carbons (Fsp3) is 0.615. The van der Waals surface area contributed by atoms with Gasteiger partial charge in [0.15, 0.2) is 0 Å². The lowest BCUT2D eigenvalue weighted by atomic mass is 9.90. The van der Waals surface area contributed by atoms with Crippen molar-refractivity contribution in [1.29, 1.82) is 0 Å². The van der Waals surface area contributed by atoms with Crippen molar-refractivity contribution in [2.24, 2.45) is 5.92 Å². The van der Waals surface area contributed by atoms with Crippen LogP contribution < -0.4 is 16.0 Å². The molecule has 0 spiro atoms. The van der Waals surface area contributed by atoms with Gasteiger partial charge in [0.05, 0.1) is 18.5 Å². The normalized spacial score (nSPS) is 22.1. The molecule has 0 radical (unpaired) electrons. The summed E-state index contributed by atoms with van der Waals surface area (Å²) in [5.74, 6) is -0.00136. The van der Waals surface area contributed by atoms with Crippen LogP contribution in [0.15, 0.2) is 24.5 Å². The number of rotatable bonds is 10. The highest BCUT2D eigenvalue weighted by molar-refractivity contribution is 5.69. The van der Waals surface area contributed by atoms with Crippen molar-refractivity contribution in [2.75, 3.05) is 44.1 Å². The molecule has 0 amide bonds. The van der Waals surface area contributed by atoms with Crippen molar-refractivity contribution in [1.82, 2.24) is 15.3 Å². The Morgan fingerprint density at radius 3 is 2.51 bits per heavy atom. The van der Waals surface area contributed by atoms with E-state index in [1.807, 2.05) is 0 Å². The number of nitrogens with one attached hydrogen (secondary N) is 3. The molecule has 2 aromatic heterocycles. The summed E-state index contributed by atoms with van der Waals surface area (Å²) in [5.41, 5.74) is 1.16. The largest absolute Gasteiger partial charge is 0.383 e. The van der Waals surface area contributed by atoms with E-state index in [0.29, 0.717) is 48.1 Å². The third kappa shape index (κ3) is 7.32. The highest BCUT2D eigenvalue weighted by Crippen LogP contribution is 2.29. The third-order valence-corrected chi connectivity index (χ3v) is 6.94. The minimum Gasteiger partial charge on any atom is -0.383 e. The Balaban J connectivity index is 1.37.